The lowest BCUT2D eigenvalue weighted by molar-refractivity contribution is -0.504. The molecular weight excluding hydrogens is 190 g/mol. The van der Waals surface area contributed by atoms with Crippen molar-refractivity contribution in [2.45, 2.75) is 19.6 Å². The molecule has 6 nitrogen and oxygen atoms in total. The van der Waals surface area contributed by atoms with Crippen LogP contribution in [0.3, 0.4) is 0 Å². The molecule has 0 aromatic rings. The lowest BCUT2D eigenvalue weighted by Gasteiger charge is -2.30. The summed E-state index contributed by atoms with van der Waals surface area (Å²) in [5.74, 6) is 0. The first-order chi connectivity index (χ1) is 6.50. The second kappa shape index (κ2) is 5.66. The number of methoxy groups -OCH3 is 2. The van der Waals surface area contributed by atoms with Gasteiger partial charge in [0.1, 0.15) is 6.29 Å². The number of rotatable bonds is 7. The summed E-state index contributed by atoms with van der Waals surface area (Å²) in [5.41, 5.74) is -0.922. The van der Waals surface area contributed by atoms with Crippen LogP contribution in [0.4, 0.5) is 0 Å². The Labute approximate surface area is 82.3 Å². The van der Waals surface area contributed by atoms with Crippen LogP contribution >= 0.6 is 0 Å². The average molecular weight is 205 g/mol. The van der Waals surface area contributed by atoms with Gasteiger partial charge in [-0.2, -0.15) is 0 Å². The Morgan fingerprint density at radius 2 is 2.00 bits per heavy atom. The molecule has 82 valence electrons. The van der Waals surface area contributed by atoms with Gasteiger partial charge in [0.2, 0.25) is 6.54 Å². The van der Waals surface area contributed by atoms with Crippen LogP contribution in [0, 0.1) is 15.5 Å². The van der Waals surface area contributed by atoms with E-state index in [-0.39, 0.29) is 13.0 Å². The van der Waals surface area contributed by atoms with Crippen LogP contribution in [0.1, 0.15) is 13.3 Å². The van der Waals surface area contributed by atoms with Crippen molar-refractivity contribution in [3.05, 3.63) is 10.1 Å². The molecule has 0 rings (SSSR count). The minimum Gasteiger partial charge on any atom is -0.355 e. The van der Waals surface area contributed by atoms with E-state index >= 15 is 0 Å². The van der Waals surface area contributed by atoms with Crippen LogP contribution in [-0.2, 0) is 14.3 Å². The van der Waals surface area contributed by atoms with Crippen molar-refractivity contribution in [2.75, 3.05) is 20.8 Å². The van der Waals surface area contributed by atoms with Crippen LogP contribution in [-0.4, -0.2) is 38.3 Å². The number of nitro groups is 1. The number of carbonyl (C=O) groups is 1. The molecule has 0 unspecified atom stereocenters. The minimum absolute atomic E-state index is 0.0281. The molecule has 0 aliphatic heterocycles. The first-order valence-corrected chi connectivity index (χ1v) is 4.11. The first kappa shape index (κ1) is 13.0. The fourth-order valence-corrected chi connectivity index (χ4v) is 1.39. The lowest BCUT2D eigenvalue weighted by Crippen LogP contribution is -2.41. The van der Waals surface area contributed by atoms with Crippen molar-refractivity contribution in [1.29, 1.82) is 0 Å². The Hall–Kier alpha value is -1.01. The third-order valence-corrected chi connectivity index (χ3v) is 2.04. The van der Waals surface area contributed by atoms with E-state index < -0.39 is 16.6 Å². The van der Waals surface area contributed by atoms with Gasteiger partial charge in [-0.3, -0.25) is 10.1 Å². The van der Waals surface area contributed by atoms with E-state index in [0.29, 0.717) is 6.29 Å². The number of hydrogen-bond acceptors (Lipinski definition) is 5. The largest absolute Gasteiger partial charge is 0.355 e. The Morgan fingerprint density at radius 1 is 1.50 bits per heavy atom. The minimum atomic E-state index is -0.922. The van der Waals surface area contributed by atoms with Gasteiger partial charge >= 0.3 is 0 Å². The molecule has 6 heteroatoms. The SMILES string of the molecule is COC(OC)[C@](C)(CC=O)C[N+](=O)[O-]. The molecule has 0 spiro atoms. The molecular formula is C8H15NO5. The van der Waals surface area contributed by atoms with Crippen LogP contribution in [0.25, 0.3) is 0 Å². The molecule has 0 radical (unpaired) electrons. The number of ether oxygens (including phenoxy) is 2. The molecule has 0 aliphatic carbocycles. The van der Waals surface area contributed by atoms with E-state index in [9.17, 15) is 14.9 Å². The monoisotopic (exact) mass is 205 g/mol. The topological polar surface area (TPSA) is 78.7 Å². The predicted molar refractivity (Wildman–Crippen MR) is 48.5 cm³/mol. The normalized spacial score (nSPS) is 15.1. The van der Waals surface area contributed by atoms with Crippen LogP contribution in [0.5, 0.6) is 0 Å². The molecule has 14 heavy (non-hydrogen) atoms. The highest BCUT2D eigenvalue weighted by molar-refractivity contribution is 5.50. The van der Waals surface area contributed by atoms with E-state index in [1.807, 2.05) is 0 Å². The third-order valence-electron chi connectivity index (χ3n) is 2.04. The molecule has 0 saturated heterocycles. The highest BCUT2D eigenvalue weighted by Crippen LogP contribution is 2.27. The van der Waals surface area contributed by atoms with Crippen LogP contribution in [0.15, 0.2) is 0 Å². The summed E-state index contributed by atoms with van der Waals surface area (Å²) in [6.45, 7) is 1.22. The molecule has 0 fully saturated rings. The molecule has 0 aromatic carbocycles. The summed E-state index contributed by atoms with van der Waals surface area (Å²) in [7, 11) is 2.77. The molecule has 0 saturated carbocycles. The summed E-state index contributed by atoms with van der Waals surface area (Å²) in [4.78, 5) is 20.3. The van der Waals surface area contributed by atoms with Crippen molar-refractivity contribution in [2.24, 2.45) is 5.41 Å². The fourth-order valence-electron chi connectivity index (χ4n) is 1.39. The average Bonchev–Trinajstić information content (AvgIpc) is 2.04. The highest BCUT2D eigenvalue weighted by atomic mass is 16.7. The summed E-state index contributed by atoms with van der Waals surface area (Å²) >= 11 is 0. The Bertz CT molecular complexity index is 204. The zero-order valence-corrected chi connectivity index (χ0v) is 8.56. The van der Waals surface area contributed by atoms with Crippen molar-refractivity contribution in [1.82, 2.24) is 0 Å². The predicted octanol–water partition coefficient (Wildman–Crippen LogP) is 0.477. The highest BCUT2D eigenvalue weighted by Gasteiger charge is 2.39. The van der Waals surface area contributed by atoms with Gasteiger partial charge in [-0.1, -0.05) is 0 Å². The van der Waals surface area contributed by atoms with E-state index in [0.717, 1.165) is 0 Å². The summed E-state index contributed by atoms with van der Waals surface area (Å²) in [5, 5.41) is 10.4. The second-order valence-corrected chi connectivity index (χ2v) is 3.32. The van der Waals surface area contributed by atoms with Gasteiger partial charge < -0.3 is 14.3 Å². The van der Waals surface area contributed by atoms with Crippen LogP contribution in [0.2, 0.25) is 0 Å². The first-order valence-electron chi connectivity index (χ1n) is 4.11. The van der Waals surface area contributed by atoms with Crippen molar-refractivity contribution in [3.8, 4) is 0 Å². The summed E-state index contributed by atoms with van der Waals surface area (Å²) in [6.07, 6.45) is -0.0902. The van der Waals surface area contributed by atoms with E-state index in [2.05, 4.69) is 0 Å². The maximum atomic E-state index is 10.4. The Kier molecular flexibility index (Phi) is 5.26. The maximum Gasteiger partial charge on any atom is 0.214 e. The van der Waals surface area contributed by atoms with Gasteiger partial charge in [0.25, 0.3) is 0 Å². The van der Waals surface area contributed by atoms with Crippen molar-refractivity contribution in [3.63, 3.8) is 0 Å². The van der Waals surface area contributed by atoms with Gasteiger partial charge in [0.05, 0.1) is 5.41 Å². The lowest BCUT2D eigenvalue weighted by atomic mass is 9.86. The summed E-state index contributed by atoms with van der Waals surface area (Å²) in [6, 6.07) is 0. The molecule has 0 amide bonds. The number of hydrogen-bond donors (Lipinski definition) is 0. The number of nitrogens with zero attached hydrogens (tertiary/aromatic N) is 1. The van der Waals surface area contributed by atoms with E-state index in [4.69, 9.17) is 9.47 Å². The van der Waals surface area contributed by atoms with Crippen molar-refractivity contribution >= 4 is 6.29 Å². The molecule has 0 heterocycles. The second-order valence-electron chi connectivity index (χ2n) is 3.32. The maximum absolute atomic E-state index is 10.4. The van der Waals surface area contributed by atoms with E-state index in [1.165, 1.54) is 14.2 Å². The molecule has 0 aromatic heterocycles. The zero-order valence-electron chi connectivity index (χ0n) is 8.56. The van der Waals surface area contributed by atoms with E-state index in [1.54, 1.807) is 6.92 Å². The quantitative estimate of drug-likeness (QED) is 0.261. The summed E-state index contributed by atoms with van der Waals surface area (Å²) < 4.78 is 9.86. The number of carbonyl (C=O) groups excluding carboxylic acids is 1. The molecule has 0 aliphatic rings. The van der Waals surface area contributed by atoms with Gasteiger partial charge in [-0.15, -0.1) is 0 Å². The molecule has 0 bridgehead atoms. The van der Waals surface area contributed by atoms with Gasteiger partial charge in [-0.25, -0.2) is 0 Å². The smallest absolute Gasteiger partial charge is 0.214 e. The molecule has 0 N–H and O–H groups in total. The third kappa shape index (κ3) is 3.39. The van der Waals surface area contributed by atoms with Crippen molar-refractivity contribution < 1.29 is 19.2 Å². The van der Waals surface area contributed by atoms with Gasteiger partial charge in [0.15, 0.2) is 6.29 Å². The fraction of sp³-hybridized carbons (Fsp3) is 0.875. The van der Waals surface area contributed by atoms with Gasteiger partial charge in [0, 0.05) is 25.6 Å². The van der Waals surface area contributed by atoms with Crippen LogP contribution < -0.4 is 0 Å². The van der Waals surface area contributed by atoms with Gasteiger partial charge in [-0.05, 0) is 6.92 Å². The zero-order chi connectivity index (χ0) is 11.2. The molecule has 1 atom stereocenters. The number of aldehydes is 1. The Balaban J connectivity index is 4.65. The Morgan fingerprint density at radius 3 is 2.29 bits per heavy atom. The standard InChI is InChI=1S/C8H15NO5/c1-8(4-5-10,6-9(11)12)7(13-2)14-3/h5,7H,4,6H2,1-3H3/t8-/m1/s1.